The minimum Gasteiger partial charge on any atom is -0.450 e. The molecule has 0 spiro atoms. The number of nitrogens with one attached hydrogen (secondary N) is 1. The van der Waals surface area contributed by atoms with Crippen molar-refractivity contribution in [3.63, 3.8) is 0 Å². The number of ether oxygens (including phenoxy) is 3. The van der Waals surface area contributed by atoms with Gasteiger partial charge in [-0.1, -0.05) is 0 Å². The first-order chi connectivity index (χ1) is 12.1. The molecule has 0 aromatic rings. The zero-order chi connectivity index (χ0) is 20.0. The molecular weight excluding hydrogens is 363 g/mol. The largest absolute Gasteiger partial charge is 0.450 e. The van der Waals surface area contributed by atoms with Crippen LogP contribution in [0.3, 0.4) is 0 Å². The maximum atomic E-state index is 12.0. The van der Waals surface area contributed by atoms with Crippen LogP contribution in [-0.2, 0) is 14.2 Å². The molecular formula is C14H24F3N3O6. The van der Waals surface area contributed by atoms with Crippen molar-refractivity contribution in [1.82, 2.24) is 5.32 Å². The highest BCUT2D eigenvalue weighted by Crippen LogP contribution is 2.16. The van der Waals surface area contributed by atoms with Crippen LogP contribution >= 0.6 is 0 Å². The summed E-state index contributed by atoms with van der Waals surface area (Å²) in [6, 6.07) is 0. The second-order valence-corrected chi connectivity index (χ2v) is 5.41. The van der Waals surface area contributed by atoms with E-state index in [1.54, 1.807) is 0 Å². The molecule has 1 unspecified atom stereocenters. The quantitative estimate of drug-likeness (QED) is 0.345. The maximum absolute atomic E-state index is 12.0. The Morgan fingerprint density at radius 3 is 1.96 bits per heavy atom. The Kier molecular flexibility index (Phi) is 11.7. The van der Waals surface area contributed by atoms with Crippen LogP contribution in [-0.4, -0.2) is 50.8 Å². The van der Waals surface area contributed by atoms with Gasteiger partial charge in [-0.3, -0.25) is 0 Å². The number of hydrogen-bond acceptors (Lipinski definition) is 6. The number of rotatable bonds is 12. The number of alkyl halides is 3. The molecule has 9 nitrogen and oxygen atoms in total. The van der Waals surface area contributed by atoms with E-state index >= 15 is 0 Å². The lowest BCUT2D eigenvalue weighted by atomic mass is 9.97. The second-order valence-electron chi connectivity index (χ2n) is 5.41. The third-order valence-electron chi connectivity index (χ3n) is 3.15. The number of hydrogen-bond donors (Lipinski definition) is 3. The van der Waals surface area contributed by atoms with Gasteiger partial charge in [-0.15, -0.1) is 0 Å². The average molecular weight is 387 g/mol. The number of halogens is 3. The summed E-state index contributed by atoms with van der Waals surface area (Å²) in [6.45, 7) is -1.34. The normalized spacial score (nSPS) is 12.1. The zero-order valence-electron chi connectivity index (χ0n) is 14.2. The minimum absolute atomic E-state index is 0.0872. The highest BCUT2D eigenvalue weighted by Gasteiger charge is 2.29. The Bertz CT molecular complexity index is 448. The molecule has 0 aromatic heterocycles. The summed E-state index contributed by atoms with van der Waals surface area (Å²) < 4.78 is 49.2. The number of alkyl carbamates (subject to hydrolysis) is 1. The van der Waals surface area contributed by atoms with Crippen LogP contribution in [0.15, 0.2) is 0 Å². The summed E-state index contributed by atoms with van der Waals surface area (Å²) in [6.07, 6.45) is -4.78. The van der Waals surface area contributed by atoms with Crippen molar-refractivity contribution in [2.24, 2.45) is 17.4 Å². The molecule has 0 radical (unpaired) electrons. The van der Waals surface area contributed by atoms with E-state index in [-0.39, 0.29) is 25.7 Å². The molecule has 0 fully saturated rings. The van der Waals surface area contributed by atoms with Gasteiger partial charge in [0.1, 0.15) is 0 Å². The number of nitrogens with two attached hydrogens (primary N) is 2. The highest BCUT2D eigenvalue weighted by molar-refractivity contribution is 5.67. The van der Waals surface area contributed by atoms with E-state index in [0.29, 0.717) is 32.1 Å². The topological polar surface area (TPSA) is 143 Å². The lowest BCUT2D eigenvalue weighted by Gasteiger charge is -2.18. The van der Waals surface area contributed by atoms with Gasteiger partial charge in [0, 0.05) is 6.54 Å². The summed E-state index contributed by atoms with van der Waals surface area (Å²) in [4.78, 5) is 32.2. The molecule has 0 saturated heterocycles. The Hall–Kier alpha value is -2.40. The van der Waals surface area contributed by atoms with Crippen LogP contribution in [0.5, 0.6) is 0 Å². The smallest absolute Gasteiger partial charge is 0.422 e. The van der Waals surface area contributed by atoms with Crippen molar-refractivity contribution in [2.75, 3.05) is 26.4 Å². The molecule has 0 bridgehead atoms. The molecule has 0 rings (SSSR count). The summed E-state index contributed by atoms with van der Waals surface area (Å²) in [5.41, 5.74) is 9.66. The van der Waals surface area contributed by atoms with Gasteiger partial charge in [0.15, 0.2) is 6.61 Å². The van der Waals surface area contributed by atoms with Gasteiger partial charge in [0.25, 0.3) is 0 Å². The number of amides is 3. The molecule has 1 atom stereocenters. The minimum atomic E-state index is -4.59. The SMILES string of the molecule is NC(=O)OCCCCC(CCCOC(N)=O)CNC(=O)OCC(F)(F)F. The second kappa shape index (κ2) is 12.9. The molecule has 0 aliphatic carbocycles. The van der Waals surface area contributed by atoms with Gasteiger partial charge < -0.3 is 31.0 Å². The highest BCUT2D eigenvalue weighted by atomic mass is 19.4. The van der Waals surface area contributed by atoms with E-state index in [4.69, 9.17) is 11.5 Å². The Morgan fingerprint density at radius 2 is 1.42 bits per heavy atom. The van der Waals surface area contributed by atoms with Crippen LogP contribution in [0.1, 0.15) is 32.1 Å². The van der Waals surface area contributed by atoms with Crippen LogP contribution in [0.4, 0.5) is 27.6 Å². The van der Waals surface area contributed by atoms with Gasteiger partial charge >= 0.3 is 24.5 Å². The average Bonchev–Trinajstić information content (AvgIpc) is 2.52. The zero-order valence-corrected chi connectivity index (χ0v) is 14.2. The van der Waals surface area contributed by atoms with Gasteiger partial charge in [0.05, 0.1) is 13.2 Å². The fraction of sp³-hybridized carbons (Fsp3) is 0.786. The maximum Gasteiger partial charge on any atom is 0.422 e. The third-order valence-corrected chi connectivity index (χ3v) is 3.15. The fourth-order valence-corrected chi connectivity index (χ4v) is 2.03. The fourth-order valence-electron chi connectivity index (χ4n) is 2.03. The predicted molar refractivity (Wildman–Crippen MR) is 83.1 cm³/mol. The Balaban J connectivity index is 4.18. The lowest BCUT2D eigenvalue weighted by Crippen LogP contribution is -2.32. The standard InChI is InChI=1S/C14H24F3N3O6/c15-14(16,17)9-26-13(23)20-8-10(5-3-7-25-12(19)22)4-1-2-6-24-11(18)21/h10H,1-9H2,(H2,18,21)(H2,19,22)(H,20,23). The first-order valence-electron chi connectivity index (χ1n) is 7.92. The molecule has 0 heterocycles. The number of carbonyl (C=O) groups excluding carboxylic acids is 3. The first-order valence-corrected chi connectivity index (χ1v) is 7.92. The lowest BCUT2D eigenvalue weighted by molar-refractivity contribution is -0.160. The van der Waals surface area contributed by atoms with Gasteiger partial charge in [-0.25, -0.2) is 14.4 Å². The Morgan fingerprint density at radius 1 is 0.885 bits per heavy atom. The van der Waals surface area contributed by atoms with Crippen molar-refractivity contribution in [3.05, 3.63) is 0 Å². The van der Waals surface area contributed by atoms with Crippen molar-refractivity contribution in [2.45, 2.75) is 38.3 Å². The molecule has 0 saturated carbocycles. The van der Waals surface area contributed by atoms with E-state index in [1.165, 1.54) is 0 Å². The molecule has 0 aliphatic heterocycles. The molecule has 0 aliphatic rings. The summed E-state index contributed by atoms with van der Waals surface area (Å²) in [7, 11) is 0. The van der Waals surface area contributed by atoms with Gasteiger partial charge in [0.2, 0.25) is 0 Å². The first kappa shape index (κ1) is 23.6. The van der Waals surface area contributed by atoms with Crippen molar-refractivity contribution >= 4 is 18.3 Å². The van der Waals surface area contributed by atoms with E-state index in [1.807, 2.05) is 0 Å². The number of primary amides is 2. The number of unbranched alkanes of at least 4 members (excludes halogenated alkanes) is 1. The van der Waals surface area contributed by atoms with Crippen molar-refractivity contribution < 1.29 is 41.8 Å². The Labute approximate surface area is 148 Å². The van der Waals surface area contributed by atoms with Crippen LogP contribution in [0, 0.1) is 5.92 Å². The summed E-state index contributed by atoms with van der Waals surface area (Å²) in [5.74, 6) is -0.0986. The van der Waals surface area contributed by atoms with E-state index in [0.717, 1.165) is 0 Å². The third kappa shape index (κ3) is 16.5. The number of carbonyl (C=O) groups is 3. The van der Waals surface area contributed by atoms with Crippen LogP contribution in [0.2, 0.25) is 0 Å². The molecule has 152 valence electrons. The monoisotopic (exact) mass is 387 g/mol. The summed E-state index contributed by atoms with van der Waals surface area (Å²) in [5, 5.41) is 2.27. The molecule has 5 N–H and O–H groups in total. The van der Waals surface area contributed by atoms with E-state index in [2.05, 4.69) is 19.5 Å². The summed E-state index contributed by atoms with van der Waals surface area (Å²) >= 11 is 0. The van der Waals surface area contributed by atoms with Crippen molar-refractivity contribution in [3.8, 4) is 0 Å². The molecule has 3 amide bonds. The van der Waals surface area contributed by atoms with Crippen LogP contribution < -0.4 is 16.8 Å². The van der Waals surface area contributed by atoms with Crippen LogP contribution in [0.25, 0.3) is 0 Å². The predicted octanol–water partition coefficient (Wildman–Crippen LogP) is 2.03. The van der Waals surface area contributed by atoms with Crippen molar-refractivity contribution in [1.29, 1.82) is 0 Å². The molecule has 26 heavy (non-hydrogen) atoms. The molecule has 0 aromatic carbocycles. The van der Waals surface area contributed by atoms with E-state index in [9.17, 15) is 27.6 Å². The molecule has 12 heteroatoms. The van der Waals surface area contributed by atoms with Gasteiger partial charge in [-0.05, 0) is 38.0 Å². The van der Waals surface area contributed by atoms with E-state index < -0.39 is 31.1 Å². The van der Waals surface area contributed by atoms with Gasteiger partial charge in [-0.2, -0.15) is 13.2 Å².